The first kappa shape index (κ1) is 21.9. The highest BCUT2D eigenvalue weighted by molar-refractivity contribution is 5.79. The molecule has 3 aromatic rings. The van der Waals surface area contributed by atoms with Crippen LogP contribution in [0.25, 0.3) is 0 Å². The molecule has 1 aliphatic heterocycles. The van der Waals surface area contributed by atoms with Crippen molar-refractivity contribution >= 4 is 5.91 Å². The first-order chi connectivity index (χ1) is 16.3. The molecular weight excluding hydrogens is 404 g/mol. The maximum atomic E-state index is 13.0. The first-order valence-corrected chi connectivity index (χ1v) is 12.5. The molecule has 2 aliphatic rings. The van der Waals surface area contributed by atoms with E-state index in [0.717, 1.165) is 51.7 Å². The summed E-state index contributed by atoms with van der Waals surface area (Å²) in [7, 11) is 0. The summed E-state index contributed by atoms with van der Waals surface area (Å²) in [5.41, 5.74) is 5.53. The van der Waals surface area contributed by atoms with Crippen molar-refractivity contribution in [1.82, 2.24) is 10.2 Å². The van der Waals surface area contributed by atoms with Crippen LogP contribution in [0.5, 0.6) is 0 Å². The molecule has 3 nitrogen and oxygen atoms in total. The fourth-order valence-corrected chi connectivity index (χ4v) is 5.60. The Morgan fingerprint density at radius 2 is 1.48 bits per heavy atom. The van der Waals surface area contributed by atoms with E-state index in [-0.39, 0.29) is 17.9 Å². The van der Waals surface area contributed by atoms with Crippen molar-refractivity contribution in [3.8, 4) is 0 Å². The van der Waals surface area contributed by atoms with Gasteiger partial charge in [0.25, 0.3) is 0 Å². The van der Waals surface area contributed by atoms with E-state index in [2.05, 4.69) is 95.1 Å². The number of carbonyl (C=O) groups excluding carboxylic acids is 1. The molecule has 0 radical (unpaired) electrons. The topological polar surface area (TPSA) is 32.3 Å². The van der Waals surface area contributed by atoms with Gasteiger partial charge in [0.05, 0.1) is 0 Å². The fraction of sp³-hybridized carbons (Fsp3) is 0.367. The number of benzene rings is 3. The largest absolute Gasteiger partial charge is 0.352 e. The van der Waals surface area contributed by atoms with Gasteiger partial charge in [0.15, 0.2) is 0 Å². The monoisotopic (exact) mass is 438 g/mol. The number of aryl methyl sites for hydroxylation is 1. The summed E-state index contributed by atoms with van der Waals surface area (Å²) in [6, 6.07) is 30.5. The minimum absolute atomic E-state index is 0.120. The van der Waals surface area contributed by atoms with Gasteiger partial charge in [0.1, 0.15) is 0 Å². The second-order valence-corrected chi connectivity index (χ2v) is 9.67. The molecule has 3 heteroatoms. The number of rotatable bonds is 7. The molecule has 33 heavy (non-hydrogen) atoms. The lowest BCUT2D eigenvalue weighted by atomic mass is 9.83. The van der Waals surface area contributed by atoms with E-state index >= 15 is 0 Å². The molecule has 5 rings (SSSR count). The highest BCUT2D eigenvalue weighted by atomic mass is 16.2. The standard InChI is InChI=1S/C30H34N2O/c33-30(27-16-15-23-9-7-8-14-26(23)21-27)31-28-17-19-32(22-28)20-18-29(24-10-3-1-4-11-24)25-12-5-2-6-13-25/h1-14,27-29H,15-22H2,(H,31,33). The number of hydrogen-bond acceptors (Lipinski definition) is 2. The fourth-order valence-electron chi connectivity index (χ4n) is 5.60. The van der Waals surface area contributed by atoms with Crippen molar-refractivity contribution in [2.75, 3.05) is 19.6 Å². The van der Waals surface area contributed by atoms with Crippen molar-refractivity contribution in [3.63, 3.8) is 0 Å². The Hall–Kier alpha value is -2.91. The van der Waals surface area contributed by atoms with Gasteiger partial charge >= 0.3 is 0 Å². The number of amides is 1. The molecular formula is C30H34N2O. The number of nitrogens with zero attached hydrogens (tertiary/aromatic N) is 1. The Bertz CT molecular complexity index is 1010. The predicted molar refractivity (Wildman–Crippen MR) is 134 cm³/mol. The Morgan fingerprint density at radius 1 is 0.848 bits per heavy atom. The smallest absolute Gasteiger partial charge is 0.223 e. The van der Waals surface area contributed by atoms with Gasteiger partial charge in [-0.25, -0.2) is 0 Å². The minimum atomic E-state index is 0.120. The Kier molecular flexibility index (Phi) is 6.87. The molecule has 170 valence electrons. The SMILES string of the molecule is O=C(NC1CCN(CCC(c2ccccc2)c2ccccc2)C1)C1CCc2ccccc2C1. The van der Waals surface area contributed by atoms with Gasteiger partial charge in [-0.3, -0.25) is 4.79 Å². The number of nitrogens with one attached hydrogen (secondary N) is 1. The van der Waals surface area contributed by atoms with Gasteiger partial charge in [-0.1, -0.05) is 84.9 Å². The molecule has 1 fully saturated rings. The number of likely N-dealkylation sites (tertiary alicyclic amines) is 1. The zero-order valence-corrected chi connectivity index (χ0v) is 19.3. The van der Waals surface area contributed by atoms with E-state index in [1.165, 1.54) is 22.3 Å². The van der Waals surface area contributed by atoms with Gasteiger partial charge in [-0.05, 0) is 60.9 Å². The molecule has 0 spiro atoms. The third kappa shape index (κ3) is 5.36. The van der Waals surface area contributed by atoms with Crippen LogP contribution in [0.1, 0.15) is 47.4 Å². The maximum Gasteiger partial charge on any atom is 0.223 e. The van der Waals surface area contributed by atoms with Crippen LogP contribution < -0.4 is 5.32 Å². The summed E-state index contributed by atoms with van der Waals surface area (Å²) >= 11 is 0. The summed E-state index contributed by atoms with van der Waals surface area (Å²) in [6.07, 6.45) is 5.01. The third-order valence-corrected chi connectivity index (χ3v) is 7.47. The normalized spacial score (nSPS) is 20.5. The van der Waals surface area contributed by atoms with Crippen LogP contribution in [-0.2, 0) is 17.6 Å². The third-order valence-electron chi connectivity index (χ3n) is 7.47. The first-order valence-electron chi connectivity index (χ1n) is 12.5. The molecule has 0 saturated carbocycles. The number of fused-ring (bicyclic) bond motifs is 1. The lowest BCUT2D eigenvalue weighted by Gasteiger charge is -2.26. The molecule has 1 saturated heterocycles. The van der Waals surface area contributed by atoms with Crippen molar-refractivity contribution in [1.29, 1.82) is 0 Å². The predicted octanol–water partition coefficient (Wildman–Crippen LogP) is 5.20. The zero-order chi connectivity index (χ0) is 22.5. The summed E-state index contributed by atoms with van der Waals surface area (Å²) in [6.45, 7) is 3.08. The van der Waals surface area contributed by atoms with Crippen molar-refractivity contribution in [2.45, 2.75) is 44.1 Å². The zero-order valence-electron chi connectivity index (χ0n) is 19.3. The van der Waals surface area contributed by atoms with Gasteiger partial charge in [0.2, 0.25) is 5.91 Å². The molecule has 0 bridgehead atoms. The summed E-state index contributed by atoms with van der Waals surface area (Å²) < 4.78 is 0. The molecule has 1 heterocycles. The van der Waals surface area contributed by atoms with Crippen LogP contribution in [0.3, 0.4) is 0 Å². The molecule has 0 aromatic heterocycles. The van der Waals surface area contributed by atoms with Gasteiger partial charge < -0.3 is 10.2 Å². The molecule has 2 atom stereocenters. The molecule has 1 aliphatic carbocycles. The summed E-state index contributed by atoms with van der Waals surface area (Å²) in [5.74, 6) is 0.778. The summed E-state index contributed by atoms with van der Waals surface area (Å²) in [4.78, 5) is 15.5. The average molecular weight is 439 g/mol. The van der Waals surface area contributed by atoms with E-state index in [1.807, 2.05) is 0 Å². The van der Waals surface area contributed by atoms with Crippen molar-refractivity contribution in [3.05, 3.63) is 107 Å². The average Bonchev–Trinajstić information content (AvgIpc) is 3.32. The highest BCUT2D eigenvalue weighted by Gasteiger charge is 2.29. The van der Waals surface area contributed by atoms with Crippen LogP contribution in [0.4, 0.5) is 0 Å². The van der Waals surface area contributed by atoms with E-state index < -0.39 is 0 Å². The van der Waals surface area contributed by atoms with Crippen LogP contribution in [0.2, 0.25) is 0 Å². The van der Waals surface area contributed by atoms with Crippen LogP contribution >= 0.6 is 0 Å². The Balaban J connectivity index is 1.15. The van der Waals surface area contributed by atoms with Crippen LogP contribution in [-0.4, -0.2) is 36.5 Å². The van der Waals surface area contributed by atoms with Crippen LogP contribution in [0, 0.1) is 5.92 Å². The van der Waals surface area contributed by atoms with Crippen LogP contribution in [0.15, 0.2) is 84.9 Å². The van der Waals surface area contributed by atoms with Gasteiger partial charge in [-0.15, -0.1) is 0 Å². The Labute approximate surface area is 197 Å². The van der Waals surface area contributed by atoms with Gasteiger partial charge in [-0.2, -0.15) is 0 Å². The Morgan fingerprint density at radius 3 is 2.18 bits per heavy atom. The second kappa shape index (κ2) is 10.4. The van der Waals surface area contributed by atoms with E-state index in [9.17, 15) is 4.79 Å². The second-order valence-electron chi connectivity index (χ2n) is 9.67. The summed E-state index contributed by atoms with van der Waals surface area (Å²) in [5, 5.41) is 3.38. The quantitative estimate of drug-likeness (QED) is 0.550. The van der Waals surface area contributed by atoms with Gasteiger partial charge in [0, 0.05) is 31.0 Å². The number of hydrogen-bond donors (Lipinski definition) is 1. The number of carbonyl (C=O) groups is 1. The van der Waals surface area contributed by atoms with E-state index in [4.69, 9.17) is 0 Å². The lowest BCUT2D eigenvalue weighted by molar-refractivity contribution is -0.126. The molecule has 3 aromatic carbocycles. The van der Waals surface area contributed by atoms with E-state index in [1.54, 1.807) is 0 Å². The molecule has 1 N–H and O–H groups in total. The lowest BCUT2D eigenvalue weighted by Crippen LogP contribution is -2.42. The molecule has 2 unspecified atom stereocenters. The minimum Gasteiger partial charge on any atom is -0.352 e. The van der Waals surface area contributed by atoms with E-state index in [0.29, 0.717) is 5.92 Å². The molecule has 1 amide bonds. The van der Waals surface area contributed by atoms with Crippen molar-refractivity contribution in [2.24, 2.45) is 5.92 Å². The maximum absolute atomic E-state index is 13.0. The van der Waals surface area contributed by atoms with Crippen molar-refractivity contribution < 1.29 is 4.79 Å². The highest BCUT2D eigenvalue weighted by Crippen LogP contribution is 2.29.